The first-order valence-electron chi connectivity index (χ1n) is 8.55. The number of rotatable bonds is 3. The Morgan fingerprint density at radius 1 is 1.35 bits per heavy atom. The summed E-state index contributed by atoms with van der Waals surface area (Å²) in [6.45, 7) is 12.3. The van der Waals surface area contributed by atoms with Crippen LogP contribution < -0.4 is 5.56 Å². The first-order chi connectivity index (χ1) is 12.2. The minimum atomic E-state index is -0.194. The normalized spacial score (nSPS) is 12.2. The summed E-state index contributed by atoms with van der Waals surface area (Å²) >= 11 is 1.48. The second-order valence-electron chi connectivity index (χ2n) is 6.84. The lowest BCUT2D eigenvalue weighted by Gasteiger charge is -2.13. The Kier molecular flexibility index (Phi) is 4.59. The lowest BCUT2D eigenvalue weighted by Crippen LogP contribution is -2.10. The molecule has 0 saturated carbocycles. The highest BCUT2D eigenvalue weighted by atomic mass is 32.1. The lowest BCUT2D eigenvalue weighted by molar-refractivity contribution is 0.574. The highest BCUT2D eigenvalue weighted by Crippen LogP contribution is 2.28. The monoisotopic (exact) mass is 366 g/mol. The zero-order chi connectivity index (χ0) is 19.2. The Balaban J connectivity index is 2.18. The van der Waals surface area contributed by atoms with Gasteiger partial charge < -0.3 is 9.55 Å². The Bertz CT molecular complexity index is 1140. The summed E-state index contributed by atoms with van der Waals surface area (Å²) in [5.41, 5.74) is 4.32. The van der Waals surface area contributed by atoms with E-state index in [0.717, 1.165) is 27.4 Å². The average molecular weight is 366 g/mol. The van der Waals surface area contributed by atoms with Crippen molar-refractivity contribution >= 4 is 33.2 Å². The number of aryl methyl sites for hydroxylation is 3. The van der Waals surface area contributed by atoms with Crippen molar-refractivity contribution in [3.63, 3.8) is 0 Å². The van der Waals surface area contributed by atoms with E-state index in [9.17, 15) is 10.1 Å². The van der Waals surface area contributed by atoms with Crippen molar-refractivity contribution in [2.45, 2.75) is 47.6 Å². The molecule has 0 aliphatic rings. The van der Waals surface area contributed by atoms with E-state index in [1.165, 1.54) is 11.3 Å². The molecule has 3 rings (SSSR count). The zero-order valence-corrected chi connectivity index (χ0v) is 16.7. The maximum Gasteiger partial charge on any atom is 0.260 e. The fourth-order valence-electron chi connectivity index (χ4n) is 3.43. The molecule has 0 atom stereocenters. The number of aromatic nitrogens is 3. The highest BCUT2D eigenvalue weighted by molar-refractivity contribution is 7.18. The van der Waals surface area contributed by atoms with Crippen LogP contribution in [0.1, 0.15) is 53.1 Å². The number of nitriles is 1. The summed E-state index contributed by atoms with van der Waals surface area (Å²) in [5.74, 6) is 0.320. The van der Waals surface area contributed by atoms with Gasteiger partial charge in [0.05, 0.1) is 11.0 Å². The summed E-state index contributed by atoms with van der Waals surface area (Å²) in [6, 6.07) is 4.59. The van der Waals surface area contributed by atoms with Gasteiger partial charge in [0.1, 0.15) is 10.9 Å². The van der Waals surface area contributed by atoms with Crippen LogP contribution in [0, 0.1) is 39.0 Å². The molecule has 3 aromatic rings. The van der Waals surface area contributed by atoms with Crippen LogP contribution in [0.2, 0.25) is 0 Å². The van der Waals surface area contributed by atoms with Crippen molar-refractivity contribution in [3.8, 4) is 6.07 Å². The molecule has 0 saturated heterocycles. The molecule has 0 aromatic carbocycles. The van der Waals surface area contributed by atoms with Gasteiger partial charge in [-0.1, -0.05) is 0 Å². The van der Waals surface area contributed by atoms with E-state index in [0.29, 0.717) is 27.7 Å². The van der Waals surface area contributed by atoms with Crippen LogP contribution in [0.15, 0.2) is 10.9 Å². The van der Waals surface area contributed by atoms with Gasteiger partial charge >= 0.3 is 0 Å². The van der Waals surface area contributed by atoms with Gasteiger partial charge in [-0.2, -0.15) is 5.26 Å². The number of thiophene rings is 1. The number of nitrogens with one attached hydrogen (secondary N) is 1. The predicted molar refractivity (Wildman–Crippen MR) is 107 cm³/mol. The van der Waals surface area contributed by atoms with Crippen LogP contribution in [0.5, 0.6) is 0 Å². The minimum Gasteiger partial charge on any atom is -0.346 e. The van der Waals surface area contributed by atoms with Gasteiger partial charge in [0.15, 0.2) is 5.82 Å². The van der Waals surface area contributed by atoms with E-state index in [1.54, 1.807) is 6.08 Å². The fraction of sp³-hybridized carbons (Fsp3) is 0.350. The first-order valence-corrected chi connectivity index (χ1v) is 9.36. The Hall–Kier alpha value is -2.65. The van der Waals surface area contributed by atoms with Gasteiger partial charge in [0, 0.05) is 22.3 Å². The molecule has 6 heteroatoms. The number of fused-ring (bicyclic) bond motifs is 1. The van der Waals surface area contributed by atoms with Crippen LogP contribution in [-0.2, 0) is 0 Å². The molecule has 3 heterocycles. The number of hydrogen-bond donors (Lipinski definition) is 1. The molecule has 0 aliphatic heterocycles. The minimum absolute atomic E-state index is 0.194. The standard InChI is InChI=1S/C20H22N4OS/c1-10(2)24-11(3)7-15(13(24)5)8-16(9-21)18-22-19(25)17-12(4)14(6)26-20(17)23-18/h7-8,10H,1-6H3,(H,22,23,25)/b16-8-. The van der Waals surface area contributed by atoms with E-state index < -0.39 is 0 Å². The number of aromatic amines is 1. The molecule has 26 heavy (non-hydrogen) atoms. The molecule has 3 aromatic heterocycles. The highest BCUT2D eigenvalue weighted by Gasteiger charge is 2.15. The summed E-state index contributed by atoms with van der Waals surface area (Å²) in [6.07, 6.45) is 1.80. The summed E-state index contributed by atoms with van der Waals surface area (Å²) in [4.78, 5) is 21.6. The third-order valence-corrected chi connectivity index (χ3v) is 5.86. The van der Waals surface area contributed by atoms with E-state index >= 15 is 0 Å². The van der Waals surface area contributed by atoms with E-state index in [-0.39, 0.29) is 5.56 Å². The van der Waals surface area contributed by atoms with Crippen LogP contribution in [-0.4, -0.2) is 14.5 Å². The number of hydrogen-bond acceptors (Lipinski definition) is 4. The third-order valence-electron chi connectivity index (χ3n) is 4.75. The quantitative estimate of drug-likeness (QED) is 0.685. The molecule has 0 spiro atoms. The van der Waals surface area contributed by atoms with Crippen LogP contribution in [0.4, 0.5) is 0 Å². The molecular formula is C20H22N4OS. The average Bonchev–Trinajstić information content (AvgIpc) is 3.01. The van der Waals surface area contributed by atoms with Gasteiger partial charge in [-0.3, -0.25) is 4.79 Å². The first kappa shape index (κ1) is 18.2. The second-order valence-corrected chi connectivity index (χ2v) is 8.04. The zero-order valence-electron chi connectivity index (χ0n) is 15.9. The Morgan fingerprint density at radius 3 is 2.62 bits per heavy atom. The largest absolute Gasteiger partial charge is 0.346 e. The number of nitrogens with zero attached hydrogens (tertiary/aromatic N) is 3. The smallest absolute Gasteiger partial charge is 0.260 e. The fourth-order valence-corrected chi connectivity index (χ4v) is 4.46. The van der Waals surface area contributed by atoms with Crippen molar-refractivity contribution in [2.75, 3.05) is 0 Å². The molecule has 5 nitrogen and oxygen atoms in total. The maximum absolute atomic E-state index is 12.5. The van der Waals surface area contributed by atoms with Crippen molar-refractivity contribution in [1.82, 2.24) is 14.5 Å². The topological polar surface area (TPSA) is 74.5 Å². The van der Waals surface area contributed by atoms with Crippen LogP contribution in [0.25, 0.3) is 21.9 Å². The van der Waals surface area contributed by atoms with Gasteiger partial charge in [0.2, 0.25) is 0 Å². The molecule has 0 amide bonds. The Labute approximate surface area is 156 Å². The molecule has 0 fully saturated rings. The van der Waals surface area contributed by atoms with Gasteiger partial charge in [-0.25, -0.2) is 4.98 Å². The van der Waals surface area contributed by atoms with Crippen molar-refractivity contribution in [2.24, 2.45) is 0 Å². The SMILES string of the molecule is Cc1sc2nc(/C(C#N)=C\c3cc(C)n(C(C)C)c3C)[nH]c(=O)c2c1C. The van der Waals surface area contributed by atoms with Gasteiger partial charge in [-0.15, -0.1) is 11.3 Å². The molecule has 0 radical (unpaired) electrons. The summed E-state index contributed by atoms with van der Waals surface area (Å²) < 4.78 is 2.23. The number of allylic oxidation sites excluding steroid dienone is 1. The van der Waals surface area contributed by atoms with E-state index in [1.807, 2.05) is 20.8 Å². The van der Waals surface area contributed by atoms with Crippen molar-refractivity contribution in [1.29, 1.82) is 5.26 Å². The third kappa shape index (κ3) is 2.89. The van der Waals surface area contributed by atoms with Crippen molar-refractivity contribution in [3.05, 3.63) is 49.6 Å². The van der Waals surface area contributed by atoms with Gasteiger partial charge in [-0.05, 0) is 64.8 Å². The summed E-state index contributed by atoms with van der Waals surface area (Å²) in [7, 11) is 0. The summed E-state index contributed by atoms with van der Waals surface area (Å²) in [5, 5.41) is 10.3. The Morgan fingerprint density at radius 2 is 2.04 bits per heavy atom. The second kappa shape index (κ2) is 6.58. The molecule has 0 unspecified atom stereocenters. The predicted octanol–water partition coefficient (Wildman–Crippen LogP) is 4.66. The molecule has 0 aliphatic carbocycles. The maximum atomic E-state index is 12.5. The van der Waals surface area contributed by atoms with Gasteiger partial charge in [0.25, 0.3) is 5.56 Å². The molecular weight excluding hydrogens is 344 g/mol. The van der Waals surface area contributed by atoms with E-state index in [2.05, 4.69) is 47.4 Å². The molecule has 134 valence electrons. The molecule has 0 bridgehead atoms. The lowest BCUT2D eigenvalue weighted by atomic mass is 10.1. The van der Waals surface area contributed by atoms with Crippen molar-refractivity contribution < 1.29 is 0 Å². The van der Waals surface area contributed by atoms with E-state index in [4.69, 9.17) is 0 Å². The number of H-pyrrole nitrogens is 1. The molecule has 1 N–H and O–H groups in total. The van der Waals surface area contributed by atoms with Crippen LogP contribution in [0.3, 0.4) is 0 Å². The van der Waals surface area contributed by atoms with Crippen LogP contribution >= 0.6 is 11.3 Å².